The molecule has 0 aliphatic carbocycles. The first-order chi connectivity index (χ1) is 14.5. The third-order valence-electron chi connectivity index (χ3n) is 4.74. The van der Waals surface area contributed by atoms with E-state index in [1.165, 1.54) is 12.1 Å². The topological polar surface area (TPSA) is 77.5 Å². The minimum Gasteiger partial charge on any atom is -0.492 e. The smallest absolute Gasteiger partial charge is 0.154 e. The summed E-state index contributed by atoms with van der Waals surface area (Å²) in [6.45, 7) is 4.34. The van der Waals surface area contributed by atoms with Gasteiger partial charge in [0, 0.05) is 11.6 Å². The number of nitrogens with zero attached hydrogens (tertiary/aromatic N) is 3. The average molecular weight is 405 g/mol. The van der Waals surface area contributed by atoms with Crippen LogP contribution < -0.4 is 15.8 Å². The Hall–Kier alpha value is -3.45. The van der Waals surface area contributed by atoms with Crippen molar-refractivity contribution in [2.45, 2.75) is 25.9 Å². The molecule has 0 saturated heterocycles. The molecule has 4 rings (SSSR count). The van der Waals surface area contributed by atoms with Crippen LogP contribution in [0, 0.1) is 5.82 Å². The Morgan fingerprint density at radius 3 is 2.63 bits per heavy atom. The molecule has 2 atom stereocenters. The van der Waals surface area contributed by atoms with E-state index in [-0.39, 0.29) is 17.9 Å². The molecule has 0 radical (unpaired) electrons. The molecule has 0 aliphatic rings. The van der Waals surface area contributed by atoms with Crippen LogP contribution in [0.25, 0.3) is 16.9 Å². The first-order valence-electron chi connectivity index (χ1n) is 9.85. The number of aromatic nitrogens is 3. The zero-order chi connectivity index (χ0) is 21.1. The summed E-state index contributed by atoms with van der Waals surface area (Å²) < 4.78 is 20.9. The summed E-state index contributed by atoms with van der Waals surface area (Å²) in [7, 11) is 0. The van der Waals surface area contributed by atoms with E-state index in [4.69, 9.17) is 10.5 Å². The number of benzene rings is 2. The molecule has 0 spiro atoms. The molecular formula is C23H24FN5O. The molecule has 0 amide bonds. The van der Waals surface area contributed by atoms with Crippen LogP contribution in [0.4, 0.5) is 10.2 Å². The van der Waals surface area contributed by atoms with Crippen molar-refractivity contribution in [2.24, 2.45) is 5.73 Å². The largest absolute Gasteiger partial charge is 0.492 e. The van der Waals surface area contributed by atoms with Gasteiger partial charge in [-0.15, -0.1) is 5.10 Å². The van der Waals surface area contributed by atoms with Crippen molar-refractivity contribution in [3.63, 3.8) is 0 Å². The summed E-state index contributed by atoms with van der Waals surface area (Å²) in [6, 6.07) is 18.0. The second-order valence-electron chi connectivity index (χ2n) is 7.37. The van der Waals surface area contributed by atoms with E-state index in [1.54, 1.807) is 16.8 Å². The third-order valence-corrected chi connectivity index (χ3v) is 4.74. The Kier molecular flexibility index (Phi) is 5.63. The lowest BCUT2D eigenvalue weighted by atomic mass is 10.1. The number of ether oxygens (including phenoxy) is 1. The number of anilines is 1. The van der Waals surface area contributed by atoms with Gasteiger partial charge in [0.1, 0.15) is 24.0 Å². The van der Waals surface area contributed by atoms with Gasteiger partial charge in [0.25, 0.3) is 0 Å². The maximum atomic E-state index is 13.5. The van der Waals surface area contributed by atoms with Crippen LogP contribution in [0.5, 0.6) is 5.75 Å². The SMILES string of the molecule is C[C@H](N)COc1ccc(-c2cnc3ccc(N[C@@H](C)c4cccc(F)c4)nn23)cc1. The zero-order valence-electron chi connectivity index (χ0n) is 16.9. The predicted octanol–water partition coefficient (Wildman–Crippen LogP) is 4.43. The normalized spacial score (nSPS) is 13.2. The molecule has 2 aromatic carbocycles. The zero-order valence-corrected chi connectivity index (χ0v) is 16.9. The minimum atomic E-state index is -0.255. The summed E-state index contributed by atoms with van der Waals surface area (Å²) >= 11 is 0. The predicted molar refractivity (Wildman–Crippen MR) is 116 cm³/mol. The third kappa shape index (κ3) is 4.41. The highest BCUT2D eigenvalue weighted by molar-refractivity contribution is 5.64. The van der Waals surface area contributed by atoms with Crippen LogP contribution in [0.3, 0.4) is 0 Å². The van der Waals surface area contributed by atoms with Crippen molar-refractivity contribution in [3.05, 3.63) is 78.2 Å². The van der Waals surface area contributed by atoms with Crippen molar-refractivity contribution in [1.29, 1.82) is 0 Å². The van der Waals surface area contributed by atoms with E-state index in [9.17, 15) is 4.39 Å². The first-order valence-corrected chi connectivity index (χ1v) is 9.85. The van der Waals surface area contributed by atoms with Gasteiger partial charge in [-0.1, -0.05) is 12.1 Å². The minimum absolute atomic E-state index is 0.0201. The summed E-state index contributed by atoms with van der Waals surface area (Å²) in [5, 5.41) is 8.01. The number of halogens is 1. The second-order valence-corrected chi connectivity index (χ2v) is 7.37. The van der Waals surface area contributed by atoms with E-state index >= 15 is 0 Å². The standard InChI is InChI=1S/C23H24FN5O/c1-15(25)14-30-20-8-6-17(7-9-20)21-13-26-23-11-10-22(28-29(21)23)27-16(2)18-4-3-5-19(24)12-18/h3-13,15-16H,14,25H2,1-2H3,(H,27,28)/t15-,16-/m0/s1. The fraction of sp³-hybridized carbons (Fsp3) is 0.217. The number of nitrogens with two attached hydrogens (primary N) is 1. The number of nitrogens with one attached hydrogen (secondary N) is 1. The van der Waals surface area contributed by atoms with Gasteiger partial charge in [-0.2, -0.15) is 0 Å². The van der Waals surface area contributed by atoms with E-state index < -0.39 is 0 Å². The molecule has 0 unspecified atom stereocenters. The lowest BCUT2D eigenvalue weighted by Gasteiger charge is -2.15. The molecule has 0 saturated carbocycles. The van der Waals surface area contributed by atoms with E-state index in [1.807, 2.05) is 56.3 Å². The van der Waals surface area contributed by atoms with Gasteiger partial charge in [0.15, 0.2) is 5.65 Å². The molecule has 0 bridgehead atoms. The Balaban J connectivity index is 1.57. The number of fused-ring (bicyclic) bond motifs is 1. The molecular weight excluding hydrogens is 381 g/mol. The van der Waals surface area contributed by atoms with Gasteiger partial charge < -0.3 is 15.8 Å². The van der Waals surface area contributed by atoms with Gasteiger partial charge in [0.05, 0.1) is 17.9 Å². The molecule has 2 aromatic heterocycles. The molecule has 7 heteroatoms. The van der Waals surface area contributed by atoms with Crippen LogP contribution >= 0.6 is 0 Å². The van der Waals surface area contributed by atoms with Crippen LogP contribution in [-0.4, -0.2) is 27.2 Å². The fourth-order valence-electron chi connectivity index (χ4n) is 3.18. The maximum Gasteiger partial charge on any atom is 0.154 e. The summed E-state index contributed by atoms with van der Waals surface area (Å²) in [5.74, 6) is 1.19. The number of rotatable bonds is 7. The van der Waals surface area contributed by atoms with Crippen LogP contribution in [0.15, 0.2) is 66.9 Å². The van der Waals surface area contributed by atoms with Crippen LogP contribution in [0.2, 0.25) is 0 Å². The quantitative estimate of drug-likeness (QED) is 0.475. The first kappa shape index (κ1) is 19.8. The maximum absolute atomic E-state index is 13.5. The van der Waals surface area contributed by atoms with Gasteiger partial charge in [-0.3, -0.25) is 0 Å². The van der Waals surface area contributed by atoms with Crippen molar-refractivity contribution in [1.82, 2.24) is 14.6 Å². The lowest BCUT2D eigenvalue weighted by molar-refractivity contribution is 0.296. The van der Waals surface area contributed by atoms with Crippen molar-refractivity contribution < 1.29 is 9.13 Å². The summed E-state index contributed by atoms with van der Waals surface area (Å²) in [4.78, 5) is 4.44. The molecule has 2 heterocycles. The van der Waals surface area contributed by atoms with Crippen molar-refractivity contribution in [3.8, 4) is 17.0 Å². The summed E-state index contributed by atoms with van der Waals surface area (Å²) in [5.41, 5.74) is 9.16. The number of imidazole rings is 1. The Bertz CT molecular complexity index is 1140. The molecule has 6 nitrogen and oxygen atoms in total. The molecule has 0 fully saturated rings. The fourth-order valence-corrected chi connectivity index (χ4v) is 3.18. The second kappa shape index (κ2) is 8.51. The Morgan fingerprint density at radius 1 is 1.10 bits per heavy atom. The van der Waals surface area contributed by atoms with Gasteiger partial charge in [-0.05, 0) is 67.9 Å². The molecule has 4 aromatic rings. The average Bonchev–Trinajstić information content (AvgIpc) is 3.16. The summed E-state index contributed by atoms with van der Waals surface area (Å²) in [6.07, 6.45) is 1.79. The van der Waals surface area contributed by atoms with Gasteiger partial charge in [0.2, 0.25) is 0 Å². The number of hydrogen-bond donors (Lipinski definition) is 2. The highest BCUT2D eigenvalue weighted by Gasteiger charge is 2.11. The van der Waals surface area contributed by atoms with Gasteiger partial charge >= 0.3 is 0 Å². The highest BCUT2D eigenvalue weighted by Crippen LogP contribution is 2.25. The van der Waals surface area contributed by atoms with Gasteiger partial charge in [-0.25, -0.2) is 13.9 Å². The van der Waals surface area contributed by atoms with Crippen molar-refractivity contribution in [2.75, 3.05) is 11.9 Å². The highest BCUT2D eigenvalue weighted by atomic mass is 19.1. The van der Waals surface area contributed by atoms with E-state index in [0.717, 1.165) is 28.2 Å². The van der Waals surface area contributed by atoms with E-state index in [0.29, 0.717) is 12.4 Å². The molecule has 3 N–H and O–H groups in total. The van der Waals surface area contributed by atoms with E-state index in [2.05, 4.69) is 15.4 Å². The monoisotopic (exact) mass is 405 g/mol. The molecule has 30 heavy (non-hydrogen) atoms. The lowest BCUT2D eigenvalue weighted by Crippen LogP contribution is -2.23. The number of hydrogen-bond acceptors (Lipinski definition) is 5. The van der Waals surface area contributed by atoms with Crippen LogP contribution in [-0.2, 0) is 0 Å². The van der Waals surface area contributed by atoms with Crippen LogP contribution in [0.1, 0.15) is 25.5 Å². The molecule has 154 valence electrons. The Labute approximate surface area is 174 Å². The van der Waals surface area contributed by atoms with Crippen molar-refractivity contribution >= 4 is 11.5 Å². The Morgan fingerprint density at radius 2 is 1.90 bits per heavy atom. The molecule has 0 aliphatic heterocycles.